The van der Waals surface area contributed by atoms with Crippen molar-refractivity contribution >= 4 is 12.3 Å². The topological polar surface area (TPSA) is 43.4 Å². The molecule has 82 valence electrons. The normalized spacial score (nSPS) is 41.9. The van der Waals surface area contributed by atoms with Crippen LogP contribution in [0.1, 0.15) is 20.3 Å². The summed E-state index contributed by atoms with van der Waals surface area (Å²) in [6.45, 7) is 3.75. The van der Waals surface area contributed by atoms with Gasteiger partial charge in [-0.2, -0.15) is 0 Å². The molecule has 2 bridgehead atoms. The molecule has 1 fully saturated rings. The minimum atomic E-state index is -0.338. The molecule has 0 aromatic rings. The number of allylic oxidation sites excluding steroid dienone is 2. The second-order valence-electron chi connectivity index (χ2n) is 4.78. The van der Waals surface area contributed by atoms with Gasteiger partial charge in [0.25, 0.3) is 0 Å². The van der Waals surface area contributed by atoms with Crippen LogP contribution in [0.3, 0.4) is 0 Å². The molecule has 15 heavy (non-hydrogen) atoms. The zero-order chi connectivity index (χ0) is 11.1. The highest BCUT2D eigenvalue weighted by atomic mass is 16.5. The Morgan fingerprint density at radius 1 is 1.60 bits per heavy atom. The highest BCUT2D eigenvalue weighted by Crippen LogP contribution is 2.54. The van der Waals surface area contributed by atoms with E-state index >= 15 is 0 Å². The molecule has 1 saturated carbocycles. The van der Waals surface area contributed by atoms with Crippen LogP contribution < -0.4 is 0 Å². The quantitative estimate of drug-likeness (QED) is 0.402. The van der Waals surface area contributed by atoms with E-state index in [9.17, 15) is 9.59 Å². The first kappa shape index (κ1) is 10.4. The van der Waals surface area contributed by atoms with Gasteiger partial charge in [0.15, 0.2) is 0 Å². The van der Waals surface area contributed by atoms with Crippen molar-refractivity contribution in [3.05, 3.63) is 12.2 Å². The number of hydrogen-bond acceptors (Lipinski definition) is 3. The number of ether oxygens (including phenoxy) is 1. The van der Waals surface area contributed by atoms with Crippen LogP contribution in [0.4, 0.5) is 0 Å². The molecular formula is C12H16O3. The summed E-state index contributed by atoms with van der Waals surface area (Å²) in [6.07, 6.45) is 6.35. The average molecular weight is 208 g/mol. The lowest BCUT2D eigenvalue weighted by molar-refractivity contribution is -0.145. The Morgan fingerprint density at radius 3 is 2.93 bits per heavy atom. The molecule has 3 heteroatoms. The van der Waals surface area contributed by atoms with E-state index in [0.29, 0.717) is 18.4 Å². The minimum absolute atomic E-state index is 0.161. The molecule has 0 saturated heterocycles. The largest absolute Gasteiger partial charge is 0.466 e. The maximum Gasteiger partial charge on any atom is 0.302 e. The molecule has 4 atom stereocenters. The maximum absolute atomic E-state index is 11.2. The fourth-order valence-corrected chi connectivity index (χ4v) is 2.91. The van der Waals surface area contributed by atoms with Gasteiger partial charge in [0.2, 0.25) is 0 Å². The van der Waals surface area contributed by atoms with E-state index in [2.05, 4.69) is 12.2 Å². The molecular weight excluding hydrogens is 192 g/mol. The predicted octanol–water partition coefficient (Wildman–Crippen LogP) is 1.58. The van der Waals surface area contributed by atoms with Crippen molar-refractivity contribution in [2.45, 2.75) is 20.3 Å². The number of rotatable bonds is 3. The smallest absolute Gasteiger partial charge is 0.302 e. The van der Waals surface area contributed by atoms with Crippen molar-refractivity contribution in [1.82, 2.24) is 0 Å². The molecule has 0 spiro atoms. The second-order valence-corrected chi connectivity index (χ2v) is 4.78. The average Bonchev–Trinajstić information content (AvgIpc) is 2.75. The van der Waals surface area contributed by atoms with Gasteiger partial charge in [-0.1, -0.05) is 19.1 Å². The Morgan fingerprint density at radius 2 is 2.33 bits per heavy atom. The molecule has 0 amide bonds. The molecule has 2 rings (SSSR count). The van der Waals surface area contributed by atoms with Gasteiger partial charge in [-0.05, 0) is 18.3 Å². The number of aldehydes is 1. The van der Waals surface area contributed by atoms with Gasteiger partial charge in [0.05, 0.1) is 6.61 Å². The Hall–Kier alpha value is -1.12. The van der Waals surface area contributed by atoms with Crippen LogP contribution in [0, 0.1) is 23.2 Å². The third-order valence-electron chi connectivity index (χ3n) is 3.95. The van der Waals surface area contributed by atoms with Crippen LogP contribution in [0.2, 0.25) is 0 Å². The zero-order valence-corrected chi connectivity index (χ0v) is 9.10. The van der Waals surface area contributed by atoms with Gasteiger partial charge in [0, 0.05) is 18.3 Å². The molecule has 0 aliphatic heterocycles. The molecule has 0 N–H and O–H groups in total. The Balaban J connectivity index is 2.13. The Bertz CT molecular complexity index is 321. The van der Waals surface area contributed by atoms with Gasteiger partial charge in [0.1, 0.15) is 6.29 Å². The summed E-state index contributed by atoms with van der Waals surface area (Å²) in [5.41, 5.74) is -0.338. The Kier molecular flexibility index (Phi) is 2.41. The lowest BCUT2D eigenvalue weighted by atomic mass is 9.71. The van der Waals surface area contributed by atoms with Gasteiger partial charge >= 0.3 is 5.97 Å². The summed E-state index contributed by atoms with van der Waals surface area (Å²) in [6, 6.07) is 0. The first-order valence-electron chi connectivity index (χ1n) is 5.36. The van der Waals surface area contributed by atoms with E-state index in [1.807, 2.05) is 6.92 Å². The molecule has 3 nitrogen and oxygen atoms in total. The van der Waals surface area contributed by atoms with Crippen molar-refractivity contribution < 1.29 is 14.3 Å². The molecule has 0 aromatic carbocycles. The van der Waals surface area contributed by atoms with E-state index in [-0.39, 0.29) is 17.3 Å². The van der Waals surface area contributed by atoms with Gasteiger partial charge in [-0.3, -0.25) is 4.79 Å². The van der Waals surface area contributed by atoms with Gasteiger partial charge in [-0.25, -0.2) is 0 Å². The van der Waals surface area contributed by atoms with Crippen LogP contribution >= 0.6 is 0 Å². The van der Waals surface area contributed by atoms with Crippen LogP contribution in [-0.2, 0) is 14.3 Å². The Labute approximate surface area is 89.5 Å². The van der Waals surface area contributed by atoms with Gasteiger partial charge in [-0.15, -0.1) is 0 Å². The summed E-state index contributed by atoms with van der Waals surface area (Å²) >= 11 is 0. The summed E-state index contributed by atoms with van der Waals surface area (Å²) in [5, 5.41) is 0. The molecule has 2 aliphatic rings. The van der Waals surface area contributed by atoms with E-state index in [4.69, 9.17) is 4.74 Å². The molecule has 0 radical (unpaired) electrons. The summed E-state index contributed by atoms with van der Waals surface area (Å²) in [5.74, 6) is 0.633. The lowest BCUT2D eigenvalue weighted by Gasteiger charge is -2.33. The van der Waals surface area contributed by atoms with Crippen molar-refractivity contribution in [3.8, 4) is 0 Å². The third kappa shape index (κ3) is 1.50. The summed E-state index contributed by atoms with van der Waals surface area (Å²) < 4.78 is 5.04. The number of carbonyl (C=O) groups excluding carboxylic acids is 2. The minimum Gasteiger partial charge on any atom is -0.466 e. The highest BCUT2D eigenvalue weighted by molar-refractivity contribution is 5.66. The molecule has 0 aromatic heterocycles. The van der Waals surface area contributed by atoms with E-state index in [1.54, 1.807) is 0 Å². The van der Waals surface area contributed by atoms with Crippen LogP contribution in [0.5, 0.6) is 0 Å². The molecule has 2 aliphatic carbocycles. The van der Waals surface area contributed by atoms with E-state index < -0.39 is 0 Å². The van der Waals surface area contributed by atoms with E-state index in [1.165, 1.54) is 6.92 Å². The monoisotopic (exact) mass is 208 g/mol. The molecule has 4 unspecified atom stereocenters. The molecule has 0 heterocycles. The summed E-state index contributed by atoms with van der Waals surface area (Å²) in [4.78, 5) is 22.0. The number of esters is 1. The van der Waals surface area contributed by atoms with Crippen LogP contribution in [0.25, 0.3) is 0 Å². The SMILES string of the molecule is CC(=O)OCC1C2C=CC(C2)C1(C)C=O. The third-order valence-corrected chi connectivity index (χ3v) is 3.95. The highest BCUT2D eigenvalue weighted by Gasteiger charge is 2.53. The van der Waals surface area contributed by atoms with Crippen molar-refractivity contribution in [1.29, 1.82) is 0 Å². The fraction of sp³-hybridized carbons (Fsp3) is 0.667. The first-order chi connectivity index (χ1) is 7.08. The lowest BCUT2D eigenvalue weighted by Crippen LogP contribution is -2.36. The predicted molar refractivity (Wildman–Crippen MR) is 55.0 cm³/mol. The van der Waals surface area contributed by atoms with Gasteiger partial charge < -0.3 is 9.53 Å². The number of fused-ring (bicyclic) bond motifs is 2. The van der Waals surface area contributed by atoms with Crippen molar-refractivity contribution in [2.75, 3.05) is 6.61 Å². The second kappa shape index (κ2) is 3.47. The first-order valence-corrected chi connectivity index (χ1v) is 5.36. The zero-order valence-electron chi connectivity index (χ0n) is 9.10. The van der Waals surface area contributed by atoms with Crippen LogP contribution in [-0.4, -0.2) is 18.9 Å². The fourth-order valence-electron chi connectivity index (χ4n) is 2.91. The van der Waals surface area contributed by atoms with Crippen molar-refractivity contribution in [2.24, 2.45) is 23.2 Å². The number of hydrogen-bond donors (Lipinski definition) is 0. The van der Waals surface area contributed by atoms with Crippen LogP contribution in [0.15, 0.2) is 12.2 Å². The maximum atomic E-state index is 11.2. The van der Waals surface area contributed by atoms with Crippen molar-refractivity contribution in [3.63, 3.8) is 0 Å². The number of carbonyl (C=O) groups is 2. The van der Waals surface area contributed by atoms with E-state index in [0.717, 1.165) is 12.7 Å². The summed E-state index contributed by atoms with van der Waals surface area (Å²) in [7, 11) is 0. The standard InChI is InChI=1S/C12H16O3/c1-8(14)15-6-11-9-3-4-10(5-9)12(11,2)7-13/h3-4,7,9-11H,5-6H2,1-2H3.